The number of hydrazine groups is 1. The van der Waals surface area contributed by atoms with Gasteiger partial charge in [-0.05, 0) is 67.6 Å². The first-order valence-electron chi connectivity index (χ1n) is 13.8. The molecule has 0 bridgehead atoms. The van der Waals surface area contributed by atoms with Gasteiger partial charge in [-0.15, -0.1) is 0 Å². The minimum Gasteiger partial charge on any atom is -0.370 e. The van der Waals surface area contributed by atoms with Crippen LogP contribution < -0.4 is 21.1 Å². The average Bonchev–Trinajstić information content (AvgIpc) is 3.39. The van der Waals surface area contributed by atoms with Crippen LogP contribution in [0.4, 0.5) is 5.69 Å². The Morgan fingerprint density at radius 3 is 2.30 bits per heavy atom. The first kappa shape index (κ1) is 28.7. The Morgan fingerprint density at radius 1 is 0.973 bits per heavy atom. The zero-order valence-corrected chi connectivity index (χ0v) is 23.2. The highest BCUT2D eigenvalue weighted by atomic mass is 16.2. The second kappa shape index (κ2) is 15.4. The van der Waals surface area contributed by atoms with E-state index in [4.69, 9.17) is 0 Å². The van der Waals surface area contributed by atoms with Crippen LogP contribution in [-0.2, 0) is 6.54 Å². The van der Waals surface area contributed by atoms with Crippen LogP contribution in [0.5, 0.6) is 0 Å². The van der Waals surface area contributed by atoms with Crippen molar-refractivity contribution in [1.82, 2.24) is 21.0 Å². The van der Waals surface area contributed by atoms with Gasteiger partial charge in [-0.2, -0.15) is 0 Å². The molecule has 0 saturated heterocycles. The third kappa shape index (κ3) is 10.5. The van der Waals surface area contributed by atoms with Gasteiger partial charge in [-0.1, -0.05) is 58.0 Å². The predicted molar refractivity (Wildman–Crippen MR) is 155 cm³/mol. The third-order valence-corrected chi connectivity index (χ3v) is 6.23. The number of hydrogen-bond acceptors (Lipinski definition) is 6. The monoisotopic (exact) mass is 506 g/mol. The third-order valence-electron chi connectivity index (χ3n) is 6.23. The molecule has 3 rings (SSSR count). The Morgan fingerprint density at radius 2 is 1.68 bits per heavy atom. The Hall–Kier alpha value is -2.90. The van der Waals surface area contributed by atoms with Crippen LogP contribution in [0.2, 0.25) is 0 Å². The largest absolute Gasteiger partial charge is 0.370 e. The number of amidine groups is 1. The number of hydrogen-bond donors (Lipinski definition) is 3. The van der Waals surface area contributed by atoms with Crippen LogP contribution in [-0.4, -0.2) is 62.5 Å². The molecular formula is C30H46N6O. The SMILES string of the molecule is CC(C)CN(CCCCNCc1ccc(C(=O)NN(CC2=NCCN2)c2ccccc2)cc1)CC(C)C. The van der Waals surface area contributed by atoms with Crippen molar-refractivity contribution in [2.24, 2.45) is 16.8 Å². The molecule has 0 atom stereocenters. The Balaban J connectivity index is 1.42. The molecule has 3 N–H and O–H groups in total. The highest BCUT2D eigenvalue weighted by Gasteiger charge is 2.16. The highest BCUT2D eigenvalue weighted by molar-refractivity contribution is 5.96. The van der Waals surface area contributed by atoms with Gasteiger partial charge in [-0.25, -0.2) is 0 Å². The van der Waals surface area contributed by atoms with E-state index >= 15 is 0 Å². The van der Waals surface area contributed by atoms with E-state index < -0.39 is 0 Å². The lowest BCUT2D eigenvalue weighted by molar-refractivity contribution is 0.0950. The number of aliphatic imine (C=N–C) groups is 1. The molecule has 0 unspecified atom stereocenters. The van der Waals surface area contributed by atoms with E-state index in [1.54, 1.807) is 0 Å². The number of amides is 1. The summed E-state index contributed by atoms with van der Waals surface area (Å²) in [4.78, 5) is 20.1. The fourth-order valence-corrected chi connectivity index (χ4v) is 4.58. The number of benzene rings is 2. The second-order valence-corrected chi connectivity index (χ2v) is 10.7. The van der Waals surface area contributed by atoms with Crippen LogP contribution in [0.25, 0.3) is 0 Å². The minimum atomic E-state index is -0.130. The van der Waals surface area contributed by atoms with Crippen LogP contribution in [0.1, 0.15) is 56.5 Å². The van der Waals surface area contributed by atoms with Crippen LogP contribution >= 0.6 is 0 Å². The molecule has 1 heterocycles. The highest BCUT2D eigenvalue weighted by Crippen LogP contribution is 2.13. The summed E-state index contributed by atoms with van der Waals surface area (Å²) in [6.45, 7) is 16.7. The van der Waals surface area contributed by atoms with Crippen molar-refractivity contribution < 1.29 is 4.79 Å². The average molecular weight is 507 g/mol. The molecule has 1 aliphatic heterocycles. The number of para-hydroxylation sites is 1. The maximum Gasteiger partial charge on any atom is 0.269 e. The Kier molecular flexibility index (Phi) is 11.9. The van der Waals surface area contributed by atoms with Gasteiger partial charge in [0.15, 0.2) is 0 Å². The van der Waals surface area contributed by atoms with E-state index in [1.165, 1.54) is 38.0 Å². The summed E-state index contributed by atoms with van der Waals surface area (Å²) in [6.07, 6.45) is 2.38. The first-order valence-corrected chi connectivity index (χ1v) is 13.8. The lowest BCUT2D eigenvalue weighted by atomic mass is 10.1. The second-order valence-electron chi connectivity index (χ2n) is 10.7. The predicted octanol–water partition coefficient (Wildman–Crippen LogP) is 4.32. The van der Waals surface area contributed by atoms with Gasteiger partial charge in [0.25, 0.3) is 5.91 Å². The maximum atomic E-state index is 13.0. The fourth-order valence-electron chi connectivity index (χ4n) is 4.58. The lowest BCUT2D eigenvalue weighted by Gasteiger charge is -2.26. The van der Waals surface area contributed by atoms with E-state index in [0.29, 0.717) is 23.9 Å². The first-order chi connectivity index (χ1) is 17.9. The standard InChI is InChI=1S/C30H46N6O/c1-24(2)21-35(22-25(3)4)19-9-8-16-31-20-26-12-14-27(15-13-26)30(37)34-36(23-29-32-17-18-33-29)28-10-6-5-7-11-28/h5-7,10-15,24-25,31H,8-9,16-23H2,1-4H3,(H,32,33)(H,34,37). The molecule has 0 fully saturated rings. The molecule has 0 spiro atoms. The molecule has 0 aromatic heterocycles. The molecular weight excluding hydrogens is 460 g/mol. The maximum absolute atomic E-state index is 13.0. The van der Waals surface area contributed by atoms with Crippen molar-refractivity contribution in [3.63, 3.8) is 0 Å². The normalized spacial score (nSPS) is 13.2. The summed E-state index contributed by atoms with van der Waals surface area (Å²) >= 11 is 0. The van der Waals surface area contributed by atoms with Crippen LogP contribution in [0.15, 0.2) is 59.6 Å². The zero-order chi connectivity index (χ0) is 26.5. The van der Waals surface area contributed by atoms with Crippen molar-refractivity contribution in [3.05, 3.63) is 65.7 Å². The summed E-state index contributed by atoms with van der Waals surface area (Å²) in [6, 6.07) is 17.7. The molecule has 0 saturated carbocycles. The lowest BCUT2D eigenvalue weighted by Crippen LogP contribution is -2.47. The number of nitrogens with one attached hydrogen (secondary N) is 3. The van der Waals surface area contributed by atoms with E-state index in [9.17, 15) is 4.79 Å². The van der Waals surface area contributed by atoms with Crippen LogP contribution in [0.3, 0.4) is 0 Å². The number of carbonyl (C=O) groups is 1. The number of unbranched alkanes of at least 4 members (excludes halogenated alkanes) is 1. The summed E-state index contributed by atoms with van der Waals surface area (Å²) in [5.74, 6) is 2.18. The van der Waals surface area contributed by atoms with Crippen LogP contribution in [0, 0.1) is 11.8 Å². The summed E-state index contributed by atoms with van der Waals surface area (Å²) in [5.41, 5.74) is 5.79. The number of carbonyl (C=O) groups excluding carboxylic acids is 1. The van der Waals surface area contributed by atoms with Gasteiger partial charge in [0.1, 0.15) is 5.84 Å². The van der Waals surface area contributed by atoms with Gasteiger partial charge >= 0.3 is 0 Å². The van der Waals surface area contributed by atoms with E-state index in [0.717, 1.165) is 37.7 Å². The minimum absolute atomic E-state index is 0.130. The van der Waals surface area contributed by atoms with E-state index in [-0.39, 0.29) is 5.91 Å². The summed E-state index contributed by atoms with van der Waals surface area (Å²) < 4.78 is 0. The molecule has 37 heavy (non-hydrogen) atoms. The molecule has 7 nitrogen and oxygen atoms in total. The molecule has 0 aliphatic carbocycles. The van der Waals surface area contributed by atoms with Crippen molar-refractivity contribution in [1.29, 1.82) is 0 Å². The number of rotatable bonds is 16. The topological polar surface area (TPSA) is 72.0 Å². The van der Waals surface area contributed by atoms with Crippen molar-refractivity contribution in [3.8, 4) is 0 Å². The van der Waals surface area contributed by atoms with Crippen molar-refractivity contribution >= 4 is 17.4 Å². The molecule has 7 heteroatoms. The van der Waals surface area contributed by atoms with E-state index in [1.807, 2.05) is 59.6 Å². The zero-order valence-electron chi connectivity index (χ0n) is 23.2. The van der Waals surface area contributed by atoms with Crippen molar-refractivity contribution in [2.45, 2.75) is 47.1 Å². The van der Waals surface area contributed by atoms with E-state index in [2.05, 4.69) is 53.6 Å². The van der Waals surface area contributed by atoms with Gasteiger partial charge in [0.05, 0.1) is 18.8 Å². The van der Waals surface area contributed by atoms with Gasteiger partial charge < -0.3 is 15.5 Å². The molecule has 1 amide bonds. The quantitative estimate of drug-likeness (QED) is 0.234. The van der Waals surface area contributed by atoms with Gasteiger partial charge in [-0.3, -0.25) is 20.2 Å². The van der Waals surface area contributed by atoms with Gasteiger partial charge in [0, 0.05) is 31.7 Å². The number of anilines is 1. The fraction of sp³-hybridized carbons (Fsp3) is 0.533. The molecule has 2 aromatic carbocycles. The van der Waals surface area contributed by atoms with Gasteiger partial charge in [0.2, 0.25) is 0 Å². The molecule has 0 radical (unpaired) electrons. The van der Waals surface area contributed by atoms with Crippen molar-refractivity contribution in [2.75, 3.05) is 50.8 Å². The smallest absolute Gasteiger partial charge is 0.269 e. The number of nitrogens with zero attached hydrogens (tertiary/aromatic N) is 3. The Bertz CT molecular complexity index is 948. The molecule has 1 aliphatic rings. The molecule has 2 aromatic rings. The molecule has 202 valence electrons. The summed E-state index contributed by atoms with van der Waals surface area (Å²) in [7, 11) is 0. The summed E-state index contributed by atoms with van der Waals surface area (Å²) in [5, 5.41) is 8.68. The Labute approximate surface area is 223 Å².